The molecule has 246 valence electrons. The Morgan fingerprint density at radius 1 is 0.867 bits per heavy atom. The number of halogens is 2. The smallest absolute Gasteiger partial charge is 0.321 e. The van der Waals surface area contributed by atoms with Crippen molar-refractivity contribution in [2.45, 2.75) is 43.0 Å². The van der Waals surface area contributed by atoms with E-state index < -0.39 is 26.0 Å². The maximum atomic E-state index is 13.2. The average Bonchev–Trinajstić information content (AvgIpc) is 3.00. The summed E-state index contributed by atoms with van der Waals surface area (Å²) in [5, 5.41) is 10.3. The van der Waals surface area contributed by atoms with Gasteiger partial charge in [0.2, 0.25) is 20.0 Å². The number of carbonyl (C=O) groups is 1. The van der Waals surface area contributed by atoms with Crippen LogP contribution in [0.25, 0.3) is 6.08 Å². The predicted molar refractivity (Wildman–Crippen MR) is 179 cm³/mol. The monoisotopic (exact) mass is 698 g/mol. The fraction of sp³-hybridized carbons (Fsp3) is 0.344. The molecule has 0 bridgehead atoms. The van der Waals surface area contributed by atoms with Crippen LogP contribution in [0.5, 0.6) is 0 Å². The molecular formula is C32H40Cl2N2O7S2. The average molecular weight is 700 g/mol. The van der Waals surface area contributed by atoms with Gasteiger partial charge in [-0.3, -0.25) is 4.79 Å². The Morgan fingerprint density at radius 3 is 1.87 bits per heavy atom. The molecule has 3 rings (SSSR count). The van der Waals surface area contributed by atoms with Gasteiger partial charge in [-0.15, -0.1) is 0 Å². The second kappa shape index (κ2) is 18.4. The third kappa shape index (κ3) is 12.2. The minimum Gasteiger partial charge on any atom is -0.465 e. The van der Waals surface area contributed by atoms with Crippen molar-refractivity contribution in [1.29, 1.82) is 0 Å². The van der Waals surface area contributed by atoms with Gasteiger partial charge < -0.3 is 9.84 Å². The quantitative estimate of drug-likeness (QED) is 0.206. The van der Waals surface area contributed by atoms with E-state index in [0.29, 0.717) is 16.5 Å². The molecule has 0 amide bonds. The summed E-state index contributed by atoms with van der Waals surface area (Å²) in [7, 11) is -6.06. The summed E-state index contributed by atoms with van der Waals surface area (Å²) in [6.45, 7) is 5.61. The Morgan fingerprint density at radius 2 is 1.38 bits per heavy atom. The highest BCUT2D eigenvalue weighted by Crippen LogP contribution is 2.23. The Balaban J connectivity index is 0.000000341. The summed E-state index contributed by atoms with van der Waals surface area (Å²) in [4.78, 5) is 11.5. The van der Waals surface area contributed by atoms with Gasteiger partial charge in [0.15, 0.2) is 0 Å². The fourth-order valence-electron chi connectivity index (χ4n) is 4.15. The maximum absolute atomic E-state index is 13.2. The number of hydrogen-bond acceptors (Lipinski definition) is 7. The van der Waals surface area contributed by atoms with Gasteiger partial charge in [-0.2, -0.15) is 8.61 Å². The minimum absolute atomic E-state index is 0.0148. The molecule has 3 aromatic carbocycles. The summed E-state index contributed by atoms with van der Waals surface area (Å²) in [5.41, 5.74) is 1.01. The lowest BCUT2D eigenvalue weighted by Gasteiger charge is -2.29. The van der Waals surface area contributed by atoms with Crippen LogP contribution in [0.2, 0.25) is 10.0 Å². The second-order valence-electron chi connectivity index (χ2n) is 10.2. The van der Waals surface area contributed by atoms with Crippen LogP contribution in [-0.2, 0) is 29.6 Å². The Kier molecular flexibility index (Phi) is 15.7. The molecule has 0 aliphatic heterocycles. The number of aliphatic hydroxyl groups excluding tert-OH is 1. The van der Waals surface area contributed by atoms with Crippen LogP contribution in [0.1, 0.15) is 32.8 Å². The van der Waals surface area contributed by atoms with Gasteiger partial charge in [0, 0.05) is 36.3 Å². The SMILES string of the molecule is CC(CO)CC(C)N(C/C=C/c1ccccc1)S(=O)(=O)c1ccc(Cl)cc1.CCOC(=O)CN(C)S(=O)(=O)c1ccc(Cl)cc1. The van der Waals surface area contributed by atoms with E-state index in [4.69, 9.17) is 27.9 Å². The number of benzene rings is 3. The summed E-state index contributed by atoms with van der Waals surface area (Å²) >= 11 is 11.6. The maximum Gasteiger partial charge on any atom is 0.321 e. The molecule has 0 fully saturated rings. The van der Waals surface area contributed by atoms with Gasteiger partial charge >= 0.3 is 5.97 Å². The van der Waals surface area contributed by atoms with Gasteiger partial charge in [0.05, 0.1) is 16.4 Å². The van der Waals surface area contributed by atoms with Crippen LogP contribution >= 0.6 is 23.2 Å². The lowest BCUT2D eigenvalue weighted by Crippen LogP contribution is -2.39. The highest BCUT2D eigenvalue weighted by atomic mass is 35.5. The van der Waals surface area contributed by atoms with Crippen LogP contribution in [-0.4, -0.2) is 75.9 Å². The fourth-order valence-corrected chi connectivity index (χ4v) is 7.11. The predicted octanol–water partition coefficient (Wildman–Crippen LogP) is 5.97. The molecule has 0 aromatic heterocycles. The van der Waals surface area contributed by atoms with Gasteiger partial charge in [-0.05, 0) is 80.3 Å². The van der Waals surface area contributed by atoms with E-state index in [1.54, 1.807) is 19.1 Å². The number of sulfonamides is 2. The zero-order valence-corrected chi connectivity index (χ0v) is 28.9. The van der Waals surface area contributed by atoms with E-state index in [9.17, 15) is 26.7 Å². The van der Waals surface area contributed by atoms with E-state index in [-0.39, 0.29) is 48.1 Å². The molecule has 45 heavy (non-hydrogen) atoms. The molecule has 9 nitrogen and oxygen atoms in total. The lowest BCUT2D eigenvalue weighted by atomic mass is 10.0. The summed E-state index contributed by atoms with van der Waals surface area (Å²) in [6.07, 6.45) is 4.33. The number of ether oxygens (including phenoxy) is 1. The summed E-state index contributed by atoms with van der Waals surface area (Å²) < 4.78 is 57.6. The molecule has 0 radical (unpaired) electrons. The van der Waals surface area contributed by atoms with Crippen molar-refractivity contribution in [1.82, 2.24) is 8.61 Å². The number of esters is 1. The van der Waals surface area contributed by atoms with Crippen molar-refractivity contribution in [2.24, 2.45) is 5.92 Å². The van der Waals surface area contributed by atoms with E-state index in [0.717, 1.165) is 9.87 Å². The number of carbonyl (C=O) groups excluding carboxylic acids is 1. The molecular weight excluding hydrogens is 659 g/mol. The molecule has 0 saturated carbocycles. The topological polar surface area (TPSA) is 121 Å². The molecule has 2 atom stereocenters. The van der Waals surface area contributed by atoms with Gasteiger partial charge in [-0.1, -0.05) is 72.6 Å². The highest BCUT2D eigenvalue weighted by molar-refractivity contribution is 7.89. The standard InChI is InChI=1S/C21H26ClNO3S.C11H14ClNO4S/c1-17(16-24)15-18(2)23(14-6-9-19-7-4-3-5-8-19)27(25,26)21-12-10-20(22)11-13-21;1-3-17-11(14)8-13(2)18(15,16)10-6-4-9(12)5-7-10/h3-13,17-18,24H,14-16H2,1-2H3;4-7H,3,8H2,1-2H3/b9-6+;. The number of aliphatic hydroxyl groups is 1. The van der Waals surface area contributed by atoms with E-state index >= 15 is 0 Å². The first-order valence-corrected chi connectivity index (χ1v) is 17.8. The van der Waals surface area contributed by atoms with Crippen LogP contribution in [0, 0.1) is 5.92 Å². The molecule has 0 heterocycles. The van der Waals surface area contributed by atoms with E-state index in [1.807, 2.05) is 56.3 Å². The second-order valence-corrected chi connectivity index (χ2v) is 15.0. The molecule has 0 spiro atoms. The Bertz CT molecular complexity index is 1580. The van der Waals surface area contributed by atoms with Gasteiger partial charge in [0.25, 0.3) is 0 Å². The molecule has 0 aliphatic carbocycles. The zero-order valence-electron chi connectivity index (χ0n) is 25.7. The van der Waals surface area contributed by atoms with Crippen LogP contribution in [0.3, 0.4) is 0 Å². The minimum atomic E-state index is -3.70. The van der Waals surface area contributed by atoms with E-state index in [2.05, 4.69) is 0 Å². The molecule has 1 N–H and O–H groups in total. The lowest BCUT2D eigenvalue weighted by molar-refractivity contribution is -0.143. The Hall–Kier alpha value is -2.77. The third-order valence-corrected chi connectivity index (χ3v) is 10.9. The van der Waals surface area contributed by atoms with Crippen molar-refractivity contribution >= 4 is 55.3 Å². The first-order valence-electron chi connectivity index (χ1n) is 14.2. The third-order valence-electron chi connectivity index (χ3n) is 6.54. The van der Waals surface area contributed by atoms with Crippen molar-refractivity contribution < 1.29 is 31.5 Å². The first kappa shape index (κ1) is 38.4. The number of hydrogen-bond donors (Lipinski definition) is 1. The number of rotatable bonds is 14. The molecule has 0 saturated heterocycles. The van der Waals surface area contributed by atoms with Gasteiger partial charge in [0.1, 0.15) is 6.54 Å². The molecule has 0 aliphatic rings. The van der Waals surface area contributed by atoms with Crippen molar-refractivity contribution in [3.8, 4) is 0 Å². The van der Waals surface area contributed by atoms with Gasteiger partial charge in [-0.25, -0.2) is 16.8 Å². The van der Waals surface area contributed by atoms with Crippen LogP contribution in [0.4, 0.5) is 0 Å². The number of nitrogens with zero attached hydrogens (tertiary/aromatic N) is 2. The molecule has 2 unspecified atom stereocenters. The summed E-state index contributed by atoms with van der Waals surface area (Å²) in [6, 6.07) is 21.4. The molecule has 13 heteroatoms. The van der Waals surface area contributed by atoms with Crippen molar-refractivity contribution in [3.63, 3.8) is 0 Å². The Labute approximate surface area is 277 Å². The van der Waals surface area contributed by atoms with Crippen LogP contribution < -0.4 is 0 Å². The van der Waals surface area contributed by atoms with E-state index in [1.165, 1.54) is 47.8 Å². The zero-order chi connectivity index (χ0) is 33.6. The first-order chi connectivity index (χ1) is 21.2. The summed E-state index contributed by atoms with van der Waals surface area (Å²) in [5.74, 6) is -0.571. The van der Waals surface area contributed by atoms with Crippen molar-refractivity contribution in [3.05, 3.63) is 101 Å². The van der Waals surface area contributed by atoms with Crippen molar-refractivity contribution in [2.75, 3.05) is 33.4 Å². The van der Waals surface area contributed by atoms with Crippen LogP contribution in [0.15, 0.2) is 94.7 Å². The largest absolute Gasteiger partial charge is 0.465 e. The highest BCUT2D eigenvalue weighted by Gasteiger charge is 2.29. The normalized spacial score (nSPS) is 13.4. The number of likely N-dealkylation sites (N-methyl/N-ethyl adjacent to an activating group) is 1. The molecule has 3 aromatic rings.